The molecule has 2 fully saturated rings. The smallest absolute Gasteiger partial charge is 0.222 e. The number of amides is 1. The molecule has 5 heteroatoms. The molecule has 1 atom stereocenters. The number of piperidine rings is 1. The van der Waals surface area contributed by atoms with Crippen molar-refractivity contribution in [1.29, 1.82) is 0 Å². The van der Waals surface area contributed by atoms with Gasteiger partial charge in [0.25, 0.3) is 0 Å². The zero-order valence-corrected chi connectivity index (χ0v) is 14.7. The van der Waals surface area contributed by atoms with Gasteiger partial charge in [-0.1, -0.05) is 12.1 Å². The number of carbonyl (C=O) groups is 1. The lowest BCUT2D eigenvalue weighted by Gasteiger charge is -2.41. The fourth-order valence-corrected chi connectivity index (χ4v) is 3.83. The second kappa shape index (κ2) is 7.51. The van der Waals surface area contributed by atoms with Crippen LogP contribution in [0.2, 0.25) is 0 Å². The number of hydrogen-bond acceptors (Lipinski definition) is 3. The van der Waals surface area contributed by atoms with Crippen molar-refractivity contribution in [3.8, 4) is 0 Å². The molecular weight excluding hydrogens is 305 g/mol. The molecule has 0 bridgehead atoms. The number of piperazine rings is 1. The predicted molar refractivity (Wildman–Crippen MR) is 94.6 cm³/mol. The summed E-state index contributed by atoms with van der Waals surface area (Å²) in [6.07, 6.45) is 1.67. The minimum atomic E-state index is -0.135. The van der Waals surface area contributed by atoms with E-state index in [1.165, 1.54) is 6.07 Å². The molecular formula is C19H28FN3O. The van der Waals surface area contributed by atoms with Crippen LogP contribution >= 0.6 is 0 Å². The van der Waals surface area contributed by atoms with Crippen molar-refractivity contribution in [3.63, 3.8) is 0 Å². The van der Waals surface area contributed by atoms with E-state index >= 15 is 0 Å². The Labute approximate surface area is 144 Å². The molecule has 1 aromatic carbocycles. The van der Waals surface area contributed by atoms with Crippen molar-refractivity contribution in [3.05, 3.63) is 30.1 Å². The van der Waals surface area contributed by atoms with E-state index in [1.54, 1.807) is 6.07 Å². The van der Waals surface area contributed by atoms with Crippen LogP contribution in [0.25, 0.3) is 0 Å². The fourth-order valence-electron chi connectivity index (χ4n) is 3.83. The number of anilines is 1. The molecule has 24 heavy (non-hydrogen) atoms. The molecule has 4 nitrogen and oxygen atoms in total. The number of halogens is 1. The van der Waals surface area contributed by atoms with Gasteiger partial charge in [-0.05, 0) is 38.3 Å². The maximum Gasteiger partial charge on any atom is 0.222 e. The molecule has 1 aromatic rings. The molecule has 132 valence electrons. The van der Waals surface area contributed by atoms with Gasteiger partial charge in [0, 0.05) is 51.7 Å². The van der Waals surface area contributed by atoms with Gasteiger partial charge in [0.05, 0.1) is 5.69 Å². The van der Waals surface area contributed by atoms with Crippen molar-refractivity contribution in [1.82, 2.24) is 9.80 Å². The van der Waals surface area contributed by atoms with Crippen molar-refractivity contribution >= 4 is 11.6 Å². The van der Waals surface area contributed by atoms with Crippen LogP contribution in [0.3, 0.4) is 0 Å². The second-order valence-corrected chi connectivity index (χ2v) is 7.28. The molecule has 1 unspecified atom stereocenters. The normalized spacial score (nSPS) is 23.2. The van der Waals surface area contributed by atoms with Gasteiger partial charge in [-0.2, -0.15) is 0 Å². The van der Waals surface area contributed by atoms with Crippen molar-refractivity contribution in [2.45, 2.75) is 32.7 Å². The molecule has 0 spiro atoms. The topological polar surface area (TPSA) is 26.8 Å². The van der Waals surface area contributed by atoms with E-state index in [0.717, 1.165) is 45.7 Å². The third-order valence-electron chi connectivity index (χ3n) is 5.25. The van der Waals surface area contributed by atoms with Gasteiger partial charge in [0.1, 0.15) is 5.82 Å². The first-order valence-corrected chi connectivity index (χ1v) is 9.06. The lowest BCUT2D eigenvalue weighted by atomic mass is 9.95. The third kappa shape index (κ3) is 3.89. The number of likely N-dealkylation sites (tertiary alicyclic amines) is 1. The van der Waals surface area contributed by atoms with E-state index in [1.807, 2.05) is 17.0 Å². The third-order valence-corrected chi connectivity index (χ3v) is 5.25. The minimum Gasteiger partial charge on any atom is -0.367 e. The summed E-state index contributed by atoms with van der Waals surface area (Å²) < 4.78 is 13.9. The number of carbonyl (C=O) groups excluding carboxylic acids is 1. The van der Waals surface area contributed by atoms with Crippen LogP contribution in [0.4, 0.5) is 10.1 Å². The Morgan fingerprint density at radius 2 is 1.88 bits per heavy atom. The summed E-state index contributed by atoms with van der Waals surface area (Å²) in [4.78, 5) is 18.6. The Balaban J connectivity index is 1.51. The summed E-state index contributed by atoms with van der Waals surface area (Å²) in [7, 11) is 0. The molecule has 2 aliphatic heterocycles. The highest BCUT2D eigenvalue weighted by Crippen LogP contribution is 2.23. The molecule has 0 aliphatic carbocycles. The van der Waals surface area contributed by atoms with Gasteiger partial charge in [0.2, 0.25) is 5.91 Å². The quantitative estimate of drug-likeness (QED) is 0.847. The van der Waals surface area contributed by atoms with Crippen LogP contribution < -0.4 is 4.90 Å². The first-order chi connectivity index (χ1) is 11.5. The number of benzene rings is 1. The molecule has 2 aliphatic rings. The van der Waals surface area contributed by atoms with E-state index in [2.05, 4.69) is 23.6 Å². The molecule has 2 heterocycles. The van der Waals surface area contributed by atoms with Crippen LogP contribution in [-0.4, -0.2) is 61.0 Å². The van der Waals surface area contributed by atoms with Crippen molar-refractivity contribution in [2.75, 3.05) is 44.2 Å². The summed E-state index contributed by atoms with van der Waals surface area (Å²) in [5.74, 6) is 0.722. The van der Waals surface area contributed by atoms with Gasteiger partial charge in [0.15, 0.2) is 0 Å². The number of hydrogen-bond donors (Lipinski definition) is 0. The van der Waals surface area contributed by atoms with E-state index in [0.29, 0.717) is 30.0 Å². The number of nitrogens with zero attached hydrogens (tertiary/aromatic N) is 3. The SMILES string of the molecule is CC(C)N1CC(CN2CCN(c3ccccc3F)CC2)CCC1=O. The highest BCUT2D eigenvalue weighted by molar-refractivity contribution is 5.77. The molecule has 0 N–H and O–H groups in total. The van der Waals surface area contributed by atoms with Gasteiger partial charge < -0.3 is 9.80 Å². The first-order valence-electron chi connectivity index (χ1n) is 9.06. The lowest BCUT2D eigenvalue weighted by Crippen LogP contribution is -2.51. The molecule has 0 saturated carbocycles. The van der Waals surface area contributed by atoms with E-state index in [4.69, 9.17) is 0 Å². The van der Waals surface area contributed by atoms with Gasteiger partial charge in [-0.3, -0.25) is 9.69 Å². The lowest BCUT2D eigenvalue weighted by molar-refractivity contribution is -0.136. The predicted octanol–water partition coefficient (Wildman–Crippen LogP) is 2.59. The van der Waals surface area contributed by atoms with Crippen LogP contribution in [0, 0.1) is 11.7 Å². The average Bonchev–Trinajstić information content (AvgIpc) is 2.58. The second-order valence-electron chi connectivity index (χ2n) is 7.28. The molecule has 0 aromatic heterocycles. The Bertz CT molecular complexity index is 569. The molecule has 3 rings (SSSR count). The Morgan fingerprint density at radius 3 is 2.54 bits per heavy atom. The molecule has 2 saturated heterocycles. The average molecular weight is 333 g/mol. The monoisotopic (exact) mass is 333 g/mol. The summed E-state index contributed by atoms with van der Waals surface area (Å²) in [5.41, 5.74) is 0.714. The van der Waals surface area contributed by atoms with Gasteiger partial charge in [-0.25, -0.2) is 4.39 Å². The zero-order valence-electron chi connectivity index (χ0n) is 14.7. The van der Waals surface area contributed by atoms with E-state index in [9.17, 15) is 9.18 Å². The van der Waals surface area contributed by atoms with Gasteiger partial charge >= 0.3 is 0 Å². The van der Waals surface area contributed by atoms with Crippen LogP contribution in [-0.2, 0) is 4.79 Å². The largest absolute Gasteiger partial charge is 0.367 e. The number of rotatable bonds is 4. The Kier molecular flexibility index (Phi) is 5.39. The minimum absolute atomic E-state index is 0.135. The number of para-hydroxylation sites is 1. The van der Waals surface area contributed by atoms with Crippen LogP contribution in [0.5, 0.6) is 0 Å². The van der Waals surface area contributed by atoms with E-state index < -0.39 is 0 Å². The Morgan fingerprint density at radius 1 is 1.17 bits per heavy atom. The summed E-state index contributed by atoms with van der Waals surface area (Å²) in [6, 6.07) is 7.31. The van der Waals surface area contributed by atoms with Crippen molar-refractivity contribution in [2.24, 2.45) is 5.92 Å². The Hall–Kier alpha value is -1.62. The van der Waals surface area contributed by atoms with Crippen LogP contribution in [0.1, 0.15) is 26.7 Å². The maximum absolute atomic E-state index is 13.9. The summed E-state index contributed by atoms with van der Waals surface area (Å²) >= 11 is 0. The highest BCUT2D eigenvalue weighted by Gasteiger charge is 2.29. The fraction of sp³-hybridized carbons (Fsp3) is 0.632. The molecule has 1 amide bonds. The highest BCUT2D eigenvalue weighted by atomic mass is 19.1. The maximum atomic E-state index is 13.9. The standard InChI is InChI=1S/C19H28FN3O/c1-15(2)23-14-16(7-8-19(23)24)13-21-9-11-22(12-10-21)18-6-4-3-5-17(18)20/h3-6,15-16H,7-14H2,1-2H3. The first kappa shape index (κ1) is 17.2. The van der Waals surface area contributed by atoms with E-state index in [-0.39, 0.29) is 5.82 Å². The molecule has 0 radical (unpaired) electrons. The zero-order chi connectivity index (χ0) is 17.1. The summed E-state index contributed by atoms with van der Waals surface area (Å²) in [5, 5.41) is 0. The van der Waals surface area contributed by atoms with Crippen molar-refractivity contribution < 1.29 is 9.18 Å². The summed E-state index contributed by atoms with van der Waals surface area (Å²) in [6.45, 7) is 9.74. The van der Waals surface area contributed by atoms with Crippen LogP contribution in [0.15, 0.2) is 24.3 Å². The van der Waals surface area contributed by atoms with Gasteiger partial charge in [-0.15, -0.1) is 0 Å².